The summed E-state index contributed by atoms with van der Waals surface area (Å²) in [6, 6.07) is -0.397. The Morgan fingerprint density at radius 3 is 1.88 bits per heavy atom. The van der Waals surface area contributed by atoms with Gasteiger partial charge in [0.25, 0.3) is 0 Å². The number of rotatable bonds is 4. The van der Waals surface area contributed by atoms with Crippen molar-refractivity contribution < 1.29 is 13.9 Å². The third kappa shape index (κ3) is 15.4. The molecule has 0 aliphatic heterocycles. The molecule has 3 N–H and O–H groups in total. The minimum Gasteiger partial charge on any atom is -0.330 e. The van der Waals surface area contributed by atoms with Crippen molar-refractivity contribution >= 4 is 11.8 Å². The molecule has 16 heavy (non-hydrogen) atoms. The summed E-state index contributed by atoms with van der Waals surface area (Å²) in [4.78, 5) is 21.7. The van der Waals surface area contributed by atoms with Crippen molar-refractivity contribution in [2.24, 2.45) is 11.8 Å². The molecule has 0 saturated heterocycles. The average molecular weight is 237 g/mol. The second kappa shape index (κ2) is 10.4. The molecule has 5 heteroatoms. The van der Waals surface area contributed by atoms with Crippen LogP contribution in [0.4, 0.5) is 4.79 Å². The second-order valence-electron chi connectivity index (χ2n) is 4.41. The Hall–Kier alpha value is -1.10. The number of amides is 2. The number of nitrogens with one attached hydrogen (secondary N) is 3. The van der Waals surface area contributed by atoms with Crippen molar-refractivity contribution in [2.75, 3.05) is 13.6 Å². The Morgan fingerprint density at radius 1 is 1.12 bits per heavy atom. The molecule has 0 heterocycles. The number of hydrazine groups is 1. The monoisotopic (exact) mass is 237 g/mol. The number of carbonyl (C=O) groups excluding carboxylic acids is 2. The molecule has 0 saturated carbocycles. The quantitative estimate of drug-likeness (QED) is 0.655. The van der Waals surface area contributed by atoms with Crippen LogP contribution in [0.3, 0.4) is 0 Å². The van der Waals surface area contributed by atoms with Gasteiger partial charge in [0.15, 0.2) is 5.78 Å². The van der Waals surface area contributed by atoms with Gasteiger partial charge in [0.1, 0.15) is 0 Å². The number of hydrogen-bond acceptors (Lipinski definition) is 3. The smallest absolute Gasteiger partial charge is 0.329 e. The molecule has 0 spiro atoms. The van der Waals surface area contributed by atoms with Gasteiger partial charge in [-0.15, -0.1) is 0 Å². The van der Waals surface area contributed by atoms with E-state index in [-0.39, 0.29) is 22.5 Å². The topological polar surface area (TPSA) is 70.2 Å². The van der Waals surface area contributed by atoms with E-state index in [1.54, 1.807) is 20.9 Å². The SMILES string of the molecule is CC(C)C.CNNC(=O)NCC(=O)C(C)C.[HH].[HH].[HH]. The van der Waals surface area contributed by atoms with Gasteiger partial charge in [0.2, 0.25) is 0 Å². The van der Waals surface area contributed by atoms with Gasteiger partial charge in [-0.3, -0.25) is 10.2 Å². The fourth-order valence-electron chi connectivity index (χ4n) is 0.529. The molecule has 0 aliphatic carbocycles. The van der Waals surface area contributed by atoms with Gasteiger partial charge in [-0.2, -0.15) is 0 Å². The summed E-state index contributed by atoms with van der Waals surface area (Å²) in [5.41, 5.74) is 4.73. The predicted octanol–water partition coefficient (Wildman–Crippen LogP) is 2.05. The third-order valence-corrected chi connectivity index (χ3v) is 1.31. The Morgan fingerprint density at radius 2 is 1.56 bits per heavy atom. The zero-order valence-corrected chi connectivity index (χ0v) is 11.2. The van der Waals surface area contributed by atoms with Gasteiger partial charge in [-0.05, 0) is 5.92 Å². The molecule has 0 radical (unpaired) electrons. The summed E-state index contributed by atoms with van der Waals surface area (Å²) < 4.78 is 0. The maximum atomic E-state index is 11.0. The van der Waals surface area contributed by atoms with Crippen LogP contribution in [0, 0.1) is 11.8 Å². The third-order valence-electron chi connectivity index (χ3n) is 1.31. The first-order valence-electron chi connectivity index (χ1n) is 5.54. The second-order valence-corrected chi connectivity index (χ2v) is 4.41. The summed E-state index contributed by atoms with van der Waals surface area (Å²) >= 11 is 0. The van der Waals surface area contributed by atoms with Crippen LogP contribution >= 0.6 is 0 Å². The maximum absolute atomic E-state index is 11.0. The van der Waals surface area contributed by atoms with Gasteiger partial charge < -0.3 is 5.32 Å². The zero-order chi connectivity index (χ0) is 13.1. The number of urea groups is 1. The molecule has 0 aromatic heterocycles. The Bertz CT molecular complexity index is 213. The van der Waals surface area contributed by atoms with Gasteiger partial charge in [0.05, 0.1) is 6.54 Å². The lowest BCUT2D eigenvalue weighted by atomic mass is 10.1. The molecule has 0 unspecified atom stereocenters. The van der Waals surface area contributed by atoms with Crippen molar-refractivity contribution in [3.63, 3.8) is 0 Å². The van der Waals surface area contributed by atoms with Gasteiger partial charge >= 0.3 is 6.03 Å². The first-order chi connectivity index (χ1) is 7.31. The summed E-state index contributed by atoms with van der Waals surface area (Å²) in [5.74, 6) is 0.807. The summed E-state index contributed by atoms with van der Waals surface area (Å²) in [5, 5.41) is 2.40. The molecule has 5 nitrogen and oxygen atoms in total. The lowest BCUT2D eigenvalue weighted by Gasteiger charge is -2.06. The van der Waals surface area contributed by atoms with E-state index < -0.39 is 6.03 Å². The van der Waals surface area contributed by atoms with Gasteiger partial charge in [-0.25, -0.2) is 10.2 Å². The highest BCUT2D eigenvalue weighted by Crippen LogP contribution is 1.91. The summed E-state index contributed by atoms with van der Waals surface area (Å²) in [6.07, 6.45) is 0. The molecular weight excluding hydrogens is 206 g/mol. The van der Waals surface area contributed by atoms with Crippen LogP contribution in [-0.2, 0) is 4.79 Å². The zero-order valence-electron chi connectivity index (χ0n) is 11.2. The lowest BCUT2D eigenvalue weighted by molar-refractivity contribution is -0.120. The fraction of sp³-hybridized carbons (Fsp3) is 0.818. The molecule has 0 rings (SSSR count). The van der Waals surface area contributed by atoms with Crippen LogP contribution < -0.4 is 16.2 Å². The Balaban J connectivity index is -0.0000000827. The van der Waals surface area contributed by atoms with Gasteiger partial charge in [-0.1, -0.05) is 34.6 Å². The van der Waals surface area contributed by atoms with Crippen LogP contribution in [0.2, 0.25) is 0 Å². The van der Waals surface area contributed by atoms with Crippen LogP contribution in [0.1, 0.15) is 38.9 Å². The Labute approximate surface area is 103 Å². The van der Waals surface area contributed by atoms with E-state index in [1.165, 1.54) is 0 Å². The predicted molar refractivity (Wildman–Crippen MR) is 72.3 cm³/mol. The van der Waals surface area contributed by atoms with E-state index in [4.69, 9.17) is 0 Å². The molecule has 0 aromatic carbocycles. The standard InChI is InChI=1S/C7H15N3O2.C4H10.3H2/c1-5(2)6(11)4-9-7(12)10-8-3;1-4(2)3;;;/h5,8H,4H2,1-3H3,(H2,9,10,12);4H,1-3H3;3*1H. The van der Waals surface area contributed by atoms with E-state index >= 15 is 0 Å². The van der Waals surface area contributed by atoms with Crippen molar-refractivity contribution in [1.29, 1.82) is 0 Å². The first kappa shape index (κ1) is 17.3. The molecule has 0 atom stereocenters. The van der Waals surface area contributed by atoms with Crippen LogP contribution in [0.15, 0.2) is 0 Å². The normalized spacial score (nSPS) is 9.50. The molecular formula is C11H31N3O2. The highest BCUT2D eigenvalue weighted by molar-refractivity contribution is 5.86. The van der Waals surface area contributed by atoms with Crippen LogP contribution in [0.5, 0.6) is 0 Å². The minimum atomic E-state index is -0.397. The summed E-state index contributed by atoms with van der Waals surface area (Å²) in [7, 11) is 1.57. The molecule has 2 amide bonds. The fourth-order valence-corrected chi connectivity index (χ4v) is 0.529. The number of ketones is 1. The first-order valence-corrected chi connectivity index (χ1v) is 5.54. The lowest BCUT2D eigenvalue weighted by Crippen LogP contribution is -2.44. The number of hydrogen-bond donors (Lipinski definition) is 3. The van der Waals surface area contributed by atoms with E-state index in [0.29, 0.717) is 0 Å². The van der Waals surface area contributed by atoms with Crippen molar-refractivity contribution in [1.82, 2.24) is 16.2 Å². The van der Waals surface area contributed by atoms with E-state index in [0.717, 1.165) is 5.92 Å². The molecule has 0 fully saturated rings. The minimum absolute atomic E-state index is 0. The maximum Gasteiger partial charge on any atom is 0.329 e. The van der Waals surface area contributed by atoms with E-state index in [1.807, 2.05) is 0 Å². The van der Waals surface area contributed by atoms with Crippen molar-refractivity contribution in [3.05, 3.63) is 0 Å². The summed E-state index contributed by atoms with van der Waals surface area (Å²) in [6.45, 7) is 10.2. The van der Waals surface area contributed by atoms with Crippen molar-refractivity contribution in [2.45, 2.75) is 34.6 Å². The van der Waals surface area contributed by atoms with Crippen LogP contribution in [0.25, 0.3) is 0 Å². The number of Topliss-reactive ketones (excluding diaryl/α,β-unsaturated/α-hetero) is 1. The van der Waals surface area contributed by atoms with Gasteiger partial charge in [0, 0.05) is 17.2 Å². The highest BCUT2D eigenvalue weighted by atomic mass is 16.2. The van der Waals surface area contributed by atoms with E-state index in [2.05, 4.69) is 36.9 Å². The average Bonchev–Trinajstić information content (AvgIpc) is 2.13. The molecule has 102 valence electrons. The van der Waals surface area contributed by atoms with Crippen LogP contribution in [-0.4, -0.2) is 25.4 Å². The highest BCUT2D eigenvalue weighted by Gasteiger charge is 2.07. The van der Waals surface area contributed by atoms with E-state index in [9.17, 15) is 9.59 Å². The van der Waals surface area contributed by atoms with Crippen molar-refractivity contribution in [3.8, 4) is 0 Å². The molecule has 0 aliphatic rings. The molecule has 0 aromatic rings. The Kier molecular flexibility index (Phi) is 11.3. The number of carbonyl (C=O) groups is 2. The largest absolute Gasteiger partial charge is 0.330 e. The molecule has 0 bridgehead atoms.